The molecule has 1 aromatic carbocycles. The van der Waals surface area contributed by atoms with Crippen LogP contribution in [0.25, 0.3) is 0 Å². The second-order valence-electron chi connectivity index (χ2n) is 7.84. The van der Waals surface area contributed by atoms with Gasteiger partial charge in [-0.2, -0.15) is 0 Å². The third-order valence-corrected chi connectivity index (χ3v) is 5.53. The summed E-state index contributed by atoms with van der Waals surface area (Å²) in [6, 6.07) is 9.77. The van der Waals surface area contributed by atoms with Crippen LogP contribution in [0.3, 0.4) is 0 Å². The summed E-state index contributed by atoms with van der Waals surface area (Å²) in [5, 5.41) is 3.58. The van der Waals surface area contributed by atoms with Crippen LogP contribution in [0.1, 0.15) is 70.5 Å². The van der Waals surface area contributed by atoms with Gasteiger partial charge in [0.2, 0.25) is 0 Å². The van der Waals surface area contributed by atoms with Crippen molar-refractivity contribution in [1.82, 2.24) is 5.32 Å². The Labute approximate surface area is 131 Å². The summed E-state index contributed by atoms with van der Waals surface area (Å²) in [5.74, 6) is 1.69. The van der Waals surface area contributed by atoms with Crippen LogP contribution in [-0.4, -0.2) is 7.05 Å². The average Bonchev–Trinajstić information content (AvgIpc) is 2.48. The van der Waals surface area contributed by atoms with Crippen molar-refractivity contribution in [1.29, 1.82) is 0 Å². The van der Waals surface area contributed by atoms with E-state index in [-0.39, 0.29) is 0 Å². The first-order valence-corrected chi connectivity index (χ1v) is 8.71. The van der Waals surface area contributed by atoms with Crippen LogP contribution in [0.4, 0.5) is 0 Å². The monoisotopic (exact) mass is 287 g/mol. The van der Waals surface area contributed by atoms with Gasteiger partial charge in [-0.05, 0) is 67.5 Å². The van der Waals surface area contributed by atoms with Gasteiger partial charge in [0.15, 0.2) is 0 Å². The Hall–Kier alpha value is -0.820. The van der Waals surface area contributed by atoms with Crippen LogP contribution in [0.5, 0.6) is 0 Å². The first-order valence-electron chi connectivity index (χ1n) is 8.71. The Morgan fingerprint density at radius 3 is 2.05 bits per heavy atom. The molecule has 1 fully saturated rings. The molecule has 0 aliphatic heterocycles. The Kier molecular flexibility index (Phi) is 5.48. The Balaban J connectivity index is 2.02. The molecule has 118 valence electrons. The van der Waals surface area contributed by atoms with Crippen molar-refractivity contribution in [3.05, 3.63) is 35.4 Å². The summed E-state index contributed by atoms with van der Waals surface area (Å²) >= 11 is 0. The highest BCUT2D eigenvalue weighted by Crippen LogP contribution is 2.43. The fourth-order valence-electron chi connectivity index (χ4n) is 3.95. The second kappa shape index (κ2) is 6.96. The normalized spacial score (nSPS) is 24.8. The lowest BCUT2D eigenvalue weighted by Crippen LogP contribution is -2.32. The van der Waals surface area contributed by atoms with Crippen molar-refractivity contribution in [2.45, 2.75) is 65.8 Å². The summed E-state index contributed by atoms with van der Waals surface area (Å²) in [4.78, 5) is 0. The molecule has 0 radical (unpaired) electrons. The second-order valence-corrected chi connectivity index (χ2v) is 7.84. The van der Waals surface area contributed by atoms with Gasteiger partial charge in [0.1, 0.15) is 0 Å². The summed E-state index contributed by atoms with van der Waals surface area (Å²) in [7, 11) is 2.12. The molecule has 1 aromatic rings. The number of hydrogen-bond acceptors (Lipinski definition) is 1. The third-order valence-electron chi connectivity index (χ3n) is 5.53. The van der Waals surface area contributed by atoms with Crippen molar-refractivity contribution in [2.75, 3.05) is 7.05 Å². The van der Waals surface area contributed by atoms with Gasteiger partial charge in [-0.1, -0.05) is 52.0 Å². The molecule has 1 saturated carbocycles. The molecule has 1 atom stereocenters. The van der Waals surface area contributed by atoms with Gasteiger partial charge in [-0.3, -0.25) is 0 Å². The SMILES string of the molecule is CCc1ccc(C(NC)C2CCC(C(C)(C)C)CC2)cc1. The van der Waals surface area contributed by atoms with E-state index in [1.165, 1.54) is 36.8 Å². The molecular weight excluding hydrogens is 254 g/mol. The van der Waals surface area contributed by atoms with Crippen LogP contribution in [0.2, 0.25) is 0 Å². The Morgan fingerprint density at radius 2 is 1.62 bits per heavy atom. The largest absolute Gasteiger partial charge is 0.313 e. The zero-order chi connectivity index (χ0) is 15.5. The molecule has 0 heterocycles. The molecule has 0 saturated heterocycles. The molecule has 21 heavy (non-hydrogen) atoms. The highest BCUT2D eigenvalue weighted by atomic mass is 14.9. The Morgan fingerprint density at radius 1 is 1.05 bits per heavy atom. The maximum absolute atomic E-state index is 3.58. The van der Waals surface area contributed by atoms with Crippen molar-refractivity contribution >= 4 is 0 Å². The van der Waals surface area contributed by atoms with E-state index in [2.05, 4.69) is 64.3 Å². The topological polar surface area (TPSA) is 12.0 Å². The van der Waals surface area contributed by atoms with Crippen LogP contribution in [0, 0.1) is 17.3 Å². The lowest BCUT2D eigenvalue weighted by molar-refractivity contribution is 0.134. The van der Waals surface area contributed by atoms with Crippen molar-refractivity contribution in [2.24, 2.45) is 17.3 Å². The molecule has 0 aromatic heterocycles. The average molecular weight is 287 g/mol. The number of rotatable bonds is 4. The molecular formula is C20H33N. The highest BCUT2D eigenvalue weighted by molar-refractivity contribution is 5.25. The predicted molar refractivity (Wildman–Crippen MR) is 92.5 cm³/mol. The quantitative estimate of drug-likeness (QED) is 0.786. The van der Waals surface area contributed by atoms with Gasteiger partial charge in [0, 0.05) is 6.04 Å². The summed E-state index contributed by atoms with van der Waals surface area (Å²) in [6.45, 7) is 9.42. The predicted octanol–water partition coefficient (Wildman–Crippen LogP) is 5.36. The van der Waals surface area contributed by atoms with Gasteiger partial charge in [0.05, 0.1) is 0 Å². The smallest absolute Gasteiger partial charge is 0.0346 e. The third kappa shape index (κ3) is 4.10. The van der Waals surface area contributed by atoms with Crippen molar-refractivity contribution < 1.29 is 0 Å². The fourth-order valence-corrected chi connectivity index (χ4v) is 3.95. The van der Waals surface area contributed by atoms with Gasteiger partial charge in [0.25, 0.3) is 0 Å². The maximum Gasteiger partial charge on any atom is 0.0346 e. The van der Waals surface area contributed by atoms with E-state index in [1.54, 1.807) is 0 Å². The number of nitrogens with one attached hydrogen (secondary N) is 1. The molecule has 2 rings (SSSR count). The van der Waals surface area contributed by atoms with E-state index in [0.29, 0.717) is 11.5 Å². The van der Waals surface area contributed by atoms with E-state index >= 15 is 0 Å². The molecule has 1 heteroatoms. The standard InChI is InChI=1S/C20H33N/c1-6-15-7-9-16(10-8-15)19(21-5)17-11-13-18(14-12-17)20(2,3)4/h7-10,17-19,21H,6,11-14H2,1-5H3. The maximum atomic E-state index is 3.58. The molecule has 1 nitrogen and oxygen atoms in total. The molecule has 1 aliphatic carbocycles. The zero-order valence-electron chi connectivity index (χ0n) is 14.6. The molecule has 0 spiro atoms. The van der Waals surface area contributed by atoms with Crippen molar-refractivity contribution in [3.8, 4) is 0 Å². The number of hydrogen-bond donors (Lipinski definition) is 1. The first kappa shape index (κ1) is 16.5. The van der Waals surface area contributed by atoms with Crippen LogP contribution >= 0.6 is 0 Å². The number of benzene rings is 1. The summed E-state index contributed by atoms with van der Waals surface area (Å²) in [6.07, 6.45) is 6.63. The molecule has 1 unspecified atom stereocenters. The van der Waals surface area contributed by atoms with Crippen LogP contribution in [0.15, 0.2) is 24.3 Å². The minimum absolute atomic E-state index is 0.475. The van der Waals surface area contributed by atoms with Crippen molar-refractivity contribution in [3.63, 3.8) is 0 Å². The van der Waals surface area contributed by atoms with Gasteiger partial charge in [-0.15, -0.1) is 0 Å². The zero-order valence-corrected chi connectivity index (χ0v) is 14.6. The lowest BCUT2D eigenvalue weighted by atomic mass is 9.68. The molecule has 1 aliphatic rings. The van der Waals surface area contributed by atoms with Crippen LogP contribution < -0.4 is 5.32 Å². The highest BCUT2D eigenvalue weighted by Gasteiger charge is 2.32. The first-order chi connectivity index (χ1) is 9.95. The minimum atomic E-state index is 0.475. The van der Waals surface area contributed by atoms with Gasteiger partial charge >= 0.3 is 0 Å². The van der Waals surface area contributed by atoms with E-state index in [1.807, 2.05) is 0 Å². The lowest BCUT2D eigenvalue weighted by Gasteiger charge is -2.39. The Bertz CT molecular complexity index is 418. The van der Waals surface area contributed by atoms with Gasteiger partial charge < -0.3 is 5.32 Å². The fraction of sp³-hybridized carbons (Fsp3) is 0.700. The summed E-state index contributed by atoms with van der Waals surface area (Å²) in [5.41, 5.74) is 3.38. The summed E-state index contributed by atoms with van der Waals surface area (Å²) < 4.78 is 0. The number of aryl methyl sites for hydroxylation is 1. The minimum Gasteiger partial charge on any atom is -0.313 e. The van der Waals surface area contributed by atoms with E-state index in [9.17, 15) is 0 Å². The van der Waals surface area contributed by atoms with E-state index in [4.69, 9.17) is 0 Å². The molecule has 0 bridgehead atoms. The van der Waals surface area contributed by atoms with E-state index in [0.717, 1.165) is 18.3 Å². The van der Waals surface area contributed by atoms with Crippen LogP contribution in [-0.2, 0) is 6.42 Å². The van der Waals surface area contributed by atoms with E-state index < -0.39 is 0 Å². The molecule has 1 N–H and O–H groups in total. The van der Waals surface area contributed by atoms with Gasteiger partial charge in [-0.25, -0.2) is 0 Å². The molecule has 0 amide bonds.